The molecule has 0 spiro atoms. The molecule has 13 heavy (non-hydrogen) atoms. The molecule has 1 aliphatic carbocycles. The minimum Gasteiger partial charge on any atom is -0.247 e. The maximum atomic E-state index is 13.2. The Bertz CT molecular complexity index is 222. The van der Waals surface area contributed by atoms with Gasteiger partial charge in [0.25, 0.3) is 0 Å². The van der Waals surface area contributed by atoms with Gasteiger partial charge in [0.05, 0.1) is 10.3 Å². The number of thiol groups is 1. The highest BCUT2D eigenvalue weighted by Gasteiger charge is 2.35. The van der Waals surface area contributed by atoms with Crippen LogP contribution in [0, 0.1) is 11.8 Å². The van der Waals surface area contributed by atoms with Gasteiger partial charge in [-0.1, -0.05) is 6.92 Å². The zero-order chi connectivity index (χ0) is 9.42. The van der Waals surface area contributed by atoms with Gasteiger partial charge in [-0.2, -0.15) is 0 Å². The van der Waals surface area contributed by atoms with E-state index in [1.54, 1.807) is 11.9 Å². The number of halogens is 1. The van der Waals surface area contributed by atoms with Gasteiger partial charge < -0.3 is 0 Å². The van der Waals surface area contributed by atoms with Crippen molar-refractivity contribution in [1.82, 2.24) is 0 Å². The maximum absolute atomic E-state index is 13.2. The van der Waals surface area contributed by atoms with E-state index in [4.69, 9.17) is 0 Å². The van der Waals surface area contributed by atoms with Crippen LogP contribution >= 0.6 is 24.6 Å². The van der Waals surface area contributed by atoms with E-state index in [0.29, 0.717) is 11.2 Å². The number of hydrogen-bond donors (Lipinski definition) is 1. The van der Waals surface area contributed by atoms with Crippen LogP contribution in [0.3, 0.4) is 0 Å². The van der Waals surface area contributed by atoms with Crippen molar-refractivity contribution in [3.05, 3.63) is 0 Å². The average Bonchev–Trinajstić information content (AvgIpc) is 2.40. The standard InChI is InChI=1S/C9H14FNS2/c1-5-2-6(3-7(5)10)4-8-9(12)11-13-8/h5-8H,2-4H2,1H3,(H,11,12). The summed E-state index contributed by atoms with van der Waals surface area (Å²) in [5.74, 6) is 0.815. The summed E-state index contributed by atoms with van der Waals surface area (Å²) in [5.41, 5.74) is 0. The van der Waals surface area contributed by atoms with Crippen LogP contribution < -0.4 is 0 Å². The Morgan fingerprint density at radius 2 is 2.38 bits per heavy atom. The Balaban J connectivity index is 1.81. The van der Waals surface area contributed by atoms with Crippen molar-refractivity contribution in [3.63, 3.8) is 0 Å². The molecule has 4 atom stereocenters. The molecule has 0 aromatic carbocycles. The number of alkyl halides is 1. The number of nitrogens with zero attached hydrogens (tertiary/aromatic N) is 1. The van der Waals surface area contributed by atoms with Crippen molar-refractivity contribution in [1.29, 1.82) is 0 Å². The quantitative estimate of drug-likeness (QED) is 0.556. The molecule has 0 radical (unpaired) electrons. The summed E-state index contributed by atoms with van der Waals surface area (Å²) < 4.78 is 17.2. The SMILES string of the molecule is CC1CC(CC2SN=C2S)CC1F. The molecule has 0 N–H and O–H groups in total. The third kappa shape index (κ3) is 2.04. The summed E-state index contributed by atoms with van der Waals surface area (Å²) in [6.07, 6.45) is 2.28. The molecule has 1 saturated carbocycles. The van der Waals surface area contributed by atoms with E-state index in [1.165, 1.54) is 0 Å². The lowest BCUT2D eigenvalue weighted by atomic mass is 10.0. The van der Waals surface area contributed by atoms with Crippen LogP contribution in [0.2, 0.25) is 0 Å². The molecule has 1 heterocycles. The molecule has 1 fully saturated rings. The van der Waals surface area contributed by atoms with Crippen molar-refractivity contribution in [2.45, 2.75) is 37.6 Å². The smallest absolute Gasteiger partial charge is 0.103 e. The van der Waals surface area contributed by atoms with Gasteiger partial charge >= 0.3 is 0 Å². The van der Waals surface area contributed by atoms with E-state index in [0.717, 1.165) is 24.3 Å². The van der Waals surface area contributed by atoms with Crippen molar-refractivity contribution >= 4 is 29.6 Å². The summed E-state index contributed by atoms with van der Waals surface area (Å²) in [7, 11) is 0. The van der Waals surface area contributed by atoms with Crippen molar-refractivity contribution in [2.24, 2.45) is 16.2 Å². The maximum Gasteiger partial charge on any atom is 0.103 e. The number of rotatable bonds is 2. The molecule has 4 unspecified atom stereocenters. The largest absolute Gasteiger partial charge is 0.247 e. The van der Waals surface area contributed by atoms with Crippen molar-refractivity contribution < 1.29 is 4.39 Å². The van der Waals surface area contributed by atoms with Crippen LogP contribution in [0.5, 0.6) is 0 Å². The van der Waals surface area contributed by atoms with Crippen molar-refractivity contribution in [3.8, 4) is 0 Å². The van der Waals surface area contributed by atoms with Gasteiger partial charge in [0.2, 0.25) is 0 Å². The van der Waals surface area contributed by atoms with Crippen LogP contribution in [-0.2, 0) is 0 Å². The molecule has 2 aliphatic rings. The predicted octanol–water partition coefficient (Wildman–Crippen LogP) is 3.12. The van der Waals surface area contributed by atoms with Crippen molar-refractivity contribution in [2.75, 3.05) is 0 Å². The minimum absolute atomic E-state index is 0.260. The summed E-state index contributed by atoms with van der Waals surface area (Å²) in [5, 5.41) is 1.41. The highest BCUT2D eigenvalue weighted by Crippen LogP contribution is 2.40. The zero-order valence-electron chi connectivity index (χ0n) is 7.61. The summed E-state index contributed by atoms with van der Waals surface area (Å²) in [6.45, 7) is 2.01. The fourth-order valence-corrected chi connectivity index (χ4v) is 3.23. The first-order chi connectivity index (χ1) is 6.16. The van der Waals surface area contributed by atoms with Gasteiger partial charge in [-0.05, 0) is 43.0 Å². The van der Waals surface area contributed by atoms with Crippen LogP contribution in [0.25, 0.3) is 0 Å². The second-order valence-corrected chi connectivity index (χ2v) is 5.53. The molecule has 0 aromatic rings. The lowest BCUT2D eigenvalue weighted by Crippen LogP contribution is -2.21. The third-order valence-corrected chi connectivity index (χ3v) is 4.68. The van der Waals surface area contributed by atoms with E-state index in [2.05, 4.69) is 17.0 Å². The Kier molecular flexibility index (Phi) is 2.88. The van der Waals surface area contributed by atoms with E-state index in [1.807, 2.05) is 6.92 Å². The Morgan fingerprint density at radius 3 is 2.77 bits per heavy atom. The van der Waals surface area contributed by atoms with Crippen LogP contribution in [-0.4, -0.2) is 16.5 Å². The van der Waals surface area contributed by atoms with E-state index < -0.39 is 6.17 Å². The molecule has 0 bridgehead atoms. The third-order valence-electron chi connectivity index (χ3n) is 2.99. The zero-order valence-corrected chi connectivity index (χ0v) is 9.32. The Morgan fingerprint density at radius 1 is 1.62 bits per heavy atom. The molecule has 0 amide bonds. The lowest BCUT2D eigenvalue weighted by Gasteiger charge is -2.23. The Labute approximate surface area is 88.1 Å². The number of hydrogen-bond acceptors (Lipinski definition) is 2. The molecular formula is C9H14FNS2. The lowest BCUT2D eigenvalue weighted by molar-refractivity contribution is 0.275. The first kappa shape index (κ1) is 9.84. The molecular weight excluding hydrogens is 205 g/mol. The second-order valence-electron chi connectivity index (χ2n) is 4.11. The first-order valence-corrected chi connectivity index (χ1v) is 6.02. The summed E-state index contributed by atoms with van der Waals surface area (Å²) in [4.78, 5) is 0. The molecule has 0 saturated heterocycles. The monoisotopic (exact) mass is 219 g/mol. The van der Waals surface area contributed by atoms with Gasteiger partial charge in [-0.3, -0.25) is 0 Å². The molecule has 74 valence electrons. The molecule has 4 heteroatoms. The first-order valence-electron chi connectivity index (χ1n) is 4.73. The van der Waals surface area contributed by atoms with Gasteiger partial charge in [-0.15, -0.1) is 12.6 Å². The van der Waals surface area contributed by atoms with E-state index in [-0.39, 0.29) is 5.92 Å². The highest BCUT2D eigenvalue weighted by atomic mass is 32.2. The average molecular weight is 219 g/mol. The van der Waals surface area contributed by atoms with Crippen LogP contribution in [0.15, 0.2) is 4.40 Å². The fraction of sp³-hybridized carbons (Fsp3) is 0.889. The normalized spacial score (nSPS) is 44.4. The molecule has 2 rings (SSSR count). The van der Waals surface area contributed by atoms with Gasteiger partial charge in [-0.25, -0.2) is 8.79 Å². The fourth-order valence-electron chi connectivity index (χ4n) is 2.14. The topological polar surface area (TPSA) is 12.4 Å². The van der Waals surface area contributed by atoms with E-state index in [9.17, 15) is 4.39 Å². The minimum atomic E-state index is -0.574. The highest BCUT2D eigenvalue weighted by molar-refractivity contribution is 8.09. The summed E-state index contributed by atoms with van der Waals surface area (Å²) in [6, 6.07) is 0. The molecule has 0 aromatic heterocycles. The Hall–Kier alpha value is 0.300. The van der Waals surface area contributed by atoms with Crippen LogP contribution in [0.4, 0.5) is 4.39 Å². The van der Waals surface area contributed by atoms with Gasteiger partial charge in [0, 0.05) is 0 Å². The molecule has 1 nitrogen and oxygen atoms in total. The predicted molar refractivity (Wildman–Crippen MR) is 59.2 cm³/mol. The molecule has 1 aliphatic heterocycles. The summed E-state index contributed by atoms with van der Waals surface area (Å²) >= 11 is 5.82. The van der Waals surface area contributed by atoms with Crippen LogP contribution in [0.1, 0.15) is 26.2 Å². The van der Waals surface area contributed by atoms with Gasteiger partial charge in [0.15, 0.2) is 0 Å². The second kappa shape index (κ2) is 3.81. The van der Waals surface area contributed by atoms with E-state index >= 15 is 0 Å². The van der Waals surface area contributed by atoms with Gasteiger partial charge in [0.1, 0.15) is 6.17 Å².